The molecule has 0 aliphatic carbocycles. The fourth-order valence-corrected chi connectivity index (χ4v) is 5.01. The number of ether oxygens (including phenoxy) is 4. The SMILES string of the molecule is COc1cc([C@@H]2Oc3ccccc3C3=C2[C@@H](c2ccc(C)cc2)n2ncnc2N3)cc(OC)c1OC. The Labute approximate surface area is 209 Å². The third kappa shape index (κ3) is 3.37. The van der Waals surface area contributed by atoms with Crippen molar-refractivity contribution in [3.63, 3.8) is 0 Å². The molecule has 0 amide bonds. The maximum absolute atomic E-state index is 6.72. The third-order valence-corrected chi connectivity index (χ3v) is 6.70. The highest BCUT2D eigenvalue weighted by Crippen LogP contribution is 2.52. The van der Waals surface area contributed by atoms with Crippen molar-refractivity contribution in [1.29, 1.82) is 0 Å². The minimum Gasteiger partial charge on any atom is -0.493 e. The van der Waals surface area contributed by atoms with Crippen LogP contribution in [0, 0.1) is 6.92 Å². The maximum Gasteiger partial charge on any atom is 0.226 e. The van der Waals surface area contributed by atoms with E-state index in [-0.39, 0.29) is 6.04 Å². The predicted molar refractivity (Wildman–Crippen MR) is 136 cm³/mol. The van der Waals surface area contributed by atoms with Crippen molar-refractivity contribution in [3.05, 3.63) is 94.8 Å². The standard InChI is InChI=1S/C28H26N4O4/c1-16-9-11-17(12-10-16)25-23-24(31-28-29-15-30-32(25)28)19-7-5-6-8-20(19)36-26(23)18-13-21(33-2)27(35-4)22(14-18)34-3/h5-15,25-26H,1-4H3,(H,29,30,31)/t25-,26+/m1/s1. The number of rotatable bonds is 5. The van der Waals surface area contributed by atoms with Crippen molar-refractivity contribution < 1.29 is 18.9 Å². The molecule has 0 fully saturated rings. The zero-order valence-electron chi connectivity index (χ0n) is 20.5. The van der Waals surface area contributed by atoms with Gasteiger partial charge in [-0.05, 0) is 36.8 Å². The molecule has 6 rings (SSSR count). The highest BCUT2D eigenvalue weighted by atomic mass is 16.5. The van der Waals surface area contributed by atoms with Crippen molar-refractivity contribution in [2.45, 2.75) is 19.1 Å². The molecule has 2 aliphatic rings. The first-order valence-corrected chi connectivity index (χ1v) is 11.7. The van der Waals surface area contributed by atoms with Gasteiger partial charge in [-0.25, -0.2) is 4.68 Å². The molecule has 3 heterocycles. The topological polar surface area (TPSA) is 79.7 Å². The number of fused-ring (bicyclic) bond motifs is 3. The van der Waals surface area contributed by atoms with Crippen LogP contribution in [0.2, 0.25) is 0 Å². The first kappa shape index (κ1) is 22.0. The van der Waals surface area contributed by atoms with Gasteiger partial charge in [-0.2, -0.15) is 10.1 Å². The van der Waals surface area contributed by atoms with Crippen LogP contribution in [0.5, 0.6) is 23.0 Å². The molecule has 182 valence electrons. The molecule has 2 aliphatic heterocycles. The number of nitrogens with zero attached hydrogens (tertiary/aromatic N) is 3. The fraction of sp³-hybridized carbons (Fsp3) is 0.214. The molecule has 3 aromatic carbocycles. The maximum atomic E-state index is 6.72. The molecule has 2 atom stereocenters. The zero-order valence-corrected chi connectivity index (χ0v) is 20.5. The summed E-state index contributed by atoms with van der Waals surface area (Å²) in [4.78, 5) is 4.50. The van der Waals surface area contributed by atoms with E-state index in [9.17, 15) is 0 Å². The summed E-state index contributed by atoms with van der Waals surface area (Å²) in [5.41, 5.74) is 6.09. The van der Waals surface area contributed by atoms with Crippen LogP contribution in [-0.2, 0) is 0 Å². The summed E-state index contributed by atoms with van der Waals surface area (Å²) in [5, 5.41) is 8.12. The van der Waals surface area contributed by atoms with Crippen LogP contribution in [-0.4, -0.2) is 36.1 Å². The molecule has 0 spiro atoms. The van der Waals surface area contributed by atoms with E-state index >= 15 is 0 Å². The summed E-state index contributed by atoms with van der Waals surface area (Å²) in [6, 6.07) is 20.1. The van der Waals surface area contributed by atoms with Gasteiger partial charge in [-0.15, -0.1) is 0 Å². The summed E-state index contributed by atoms with van der Waals surface area (Å²) >= 11 is 0. The summed E-state index contributed by atoms with van der Waals surface area (Å²) in [6.45, 7) is 2.08. The number of aromatic nitrogens is 3. The molecular formula is C28H26N4O4. The fourth-order valence-electron chi connectivity index (χ4n) is 5.01. The first-order chi connectivity index (χ1) is 17.6. The Morgan fingerprint density at radius 1 is 0.889 bits per heavy atom. The van der Waals surface area contributed by atoms with Gasteiger partial charge < -0.3 is 24.3 Å². The Morgan fingerprint density at radius 2 is 1.61 bits per heavy atom. The Balaban J connectivity index is 1.62. The lowest BCUT2D eigenvalue weighted by Gasteiger charge is -2.39. The van der Waals surface area contributed by atoms with E-state index in [0.717, 1.165) is 33.7 Å². The highest BCUT2D eigenvalue weighted by molar-refractivity contribution is 5.85. The minimum atomic E-state index is -0.459. The second-order valence-electron chi connectivity index (χ2n) is 8.75. The van der Waals surface area contributed by atoms with Gasteiger partial charge >= 0.3 is 0 Å². The molecule has 4 aromatic rings. The van der Waals surface area contributed by atoms with E-state index in [4.69, 9.17) is 18.9 Å². The van der Waals surface area contributed by atoms with Gasteiger partial charge in [0.25, 0.3) is 0 Å². The van der Waals surface area contributed by atoms with Gasteiger partial charge in [0.2, 0.25) is 11.7 Å². The average molecular weight is 483 g/mol. The monoisotopic (exact) mass is 482 g/mol. The van der Waals surface area contributed by atoms with Gasteiger partial charge in [0.1, 0.15) is 24.2 Å². The van der Waals surface area contributed by atoms with Crippen molar-refractivity contribution in [2.75, 3.05) is 26.6 Å². The second kappa shape index (κ2) is 8.64. The number of hydrogen-bond acceptors (Lipinski definition) is 7. The Hall–Kier alpha value is -4.46. The van der Waals surface area contributed by atoms with Crippen LogP contribution in [0.1, 0.15) is 34.4 Å². The van der Waals surface area contributed by atoms with Crippen molar-refractivity contribution in [1.82, 2.24) is 14.8 Å². The molecule has 0 radical (unpaired) electrons. The van der Waals surface area contributed by atoms with E-state index in [1.807, 2.05) is 35.0 Å². The van der Waals surface area contributed by atoms with E-state index in [1.54, 1.807) is 27.7 Å². The molecule has 36 heavy (non-hydrogen) atoms. The number of aryl methyl sites for hydroxylation is 1. The number of methoxy groups -OCH3 is 3. The van der Waals surface area contributed by atoms with E-state index in [1.165, 1.54) is 5.56 Å². The quantitative estimate of drug-likeness (QED) is 0.420. The van der Waals surface area contributed by atoms with Gasteiger partial charge in [0, 0.05) is 16.7 Å². The number of para-hydroxylation sites is 1. The van der Waals surface area contributed by atoms with Crippen LogP contribution in [0.4, 0.5) is 5.95 Å². The molecule has 0 unspecified atom stereocenters. The largest absolute Gasteiger partial charge is 0.493 e. The summed E-state index contributed by atoms with van der Waals surface area (Å²) < 4.78 is 25.5. The summed E-state index contributed by atoms with van der Waals surface area (Å²) in [5.74, 6) is 3.12. The Bertz CT molecular complexity index is 1450. The predicted octanol–water partition coefficient (Wildman–Crippen LogP) is 5.17. The van der Waals surface area contributed by atoms with Crippen molar-refractivity contribution >= 4 is 11.6 Å². The minimum absolute atomic E-state index is 0.239. The molecule has 0 bridgehead atoms. The number of benzene rings is 3. The summed E-state index contributed by atoms with van der Waals surface area (Å²) in [6.07, 6.45) is 1.11. The average Bonchev–Trinajstić information content (AvgIpc) is 3.39. The van der Waals surface area contributed by atoms with Gasteiger partial charge in [-0.1, -0.05) is 42.0 Å². The highest BCUT2D eigenvalue weighted by Gasteiger charge is 2.41. The lowest BCUT2D eigenvalue weighted by Crippen LogP contribution is -2.32. The van der Waals surface area contributed by atoms with E-state index in [2.05, 4.69) is 52.7 Å². The number of nitrogens with one attached hydrogen (secondary N) is 1. The Morgan fingerprint density at radius 3 is 2.31 bits per heavy atom. The normalized spacial score (nSPS) is 17.8. The van der Waals surface area contributed by atoms with Crippen molar-refractivity contribution in [3.8, 4) is 23.0 Å². The molecule has 1 aromatic heterocycles. The smallest absolute Gasteiger partial charge is 0.226 e. The van der Waals surface area contributed by atoms with Crippen LogP contribution < -0.4 is 24.3 Å². The van der Waals surface area contributed by atoms with E-state index < -0.39 is 6.10 Å². The molecule has 1 N–H and O–H groups in total. The third-order valence-electron chi connectivity index (χ3n) is 6.70. The van der Waals surface area contributed by atoms with Crippen LogP contribution in [0.25, 0.3) is 5.70 Å². The van der Waals surface area contributed by atoms with E-state index in [0.29, 0.717) is 23.2 Å². The molecular weight excluding hydrogens is 456 g/mol. The van der Waals surface area contributed by atoms with Gasteiger partial charge in [0.05, 0.1) is 27.0 Å². The lowest BCUT2D eigenvalue weighted by molar-refractivity contribution is 0.221. The first-order valence-electron chi connectivity index (χ1n) is 11.7. The lowest BCUT2D eigenvalue weighted by atomic mass is 9.84. The number of anilines is 1. The second-order valence-corrected chi connectivity index (χ2v) is 8.75. The molecule has 8 nitrogen and oxygen atoms in total. The van der Waals surface area contributed by atoms with Crippen LogP contribution in [0.3, 0.4) is 0 Å². The Kier molecular flexibility index (Phi) is 5.29. The van der Waals surface area contributed by atoms with Gasteiger partial charge in [-0.3, -0.25) is 0 Å². The van der Waals surface area contributed by atoms with Crippen LogP contribution >= 0.6 is 0 Å². The summed E-state index contributed by atoms with van der Waals surface area (Å²) in [7, 11) is 4.82. The molecule has 0 saturated carbocycles. The van der Waals surface area contributed by atoms with Crippen LogP contribution in [0.15, 0.2) is 72.6 Å². The molecule has 8 heteroatoms. The number of hydrogen-bond donors (Lipinski definition) is 1. The van der Waals surface area contributed by atoms with Gasteiger partial charge in [0.15, 0.2) is 11.5 Å². The zero-order chi connectivity index (χ0) is 24.8. The molecule has 0 saturated heterocycles. The van der Waals surface area contributed by atoms with Crippen molar-refractivity contribution in [2.24, 2.45) is 0 Å².